The SMILES string of the molecule is C/C=C\c1cc2c(=O)cc(C(=O)OCC)oc2c(CCC)c1O. The molecule has 0 saturated carbocycles. The molecule has 5 nitrogen and oxygen atoms in total. The van der Waals surface area contributed by atoms with Crippen LogP contribution in [-0.2, 0) is 11.2 Å². The zero-order valence-electron chi connectivity index (χ0n) is 13.5. The maximum Gasteiger partial charge on any atom is 0.374 e. The van der Waals surface area contributed by atoms with Gasteiger partial charge in [0.25, 0.3) is 0 Å². The number of hydrogen-bond acceptors (Lipinski definition) is 5. The number of aryl methyl sites for hydroxylation is 1. The van der Waals surface area contributed by atoms with E-state index in [0.29, 0.717) is 22.9 Å². The number of carbonyl (C=O) groups is 1. The monoisotopic (exact) mass is 316 g/mol. The zero-order chi connectivity index (χ0) is 17.0. The molecule has 0 spiro atoms. The molecule has 23 heavy (non-hydrogen) atoms. The minimum Gasteiger partial charge on any atom is -0.507 e. The third-order valence-corrected chi connectivity index (χ3v) is 3.44. The molecule has 1 aromatic heterocycles. The van der Waals surface area contributed by atoms with Crippen LogP contribution in [0.3, 0.4) is 0 Å². The van der Waals surface area contributed by atoms with E-state index in [1.807, 2.05) is 13.8 Å². The molecule has 122 valence electrons. The van der Waals surface area contributed by atoms with Crippen LogP contribution in [0.4, 0.5) is 0 Å². The Morgan fingerprint density at radius 2 is 2.09 bits per heavy atom. The third-order valence-electron chi connectivity index (χ3n) is 3.44. The van der Waals surface area contributed by atoms with Crippen LogP contribution in [0.15, 0.2) is 27.4 Å². The minimum absolute atomic E-state index is 0.0709. The Balaban J connectivity index is 2.80. The summed E-state index contributed by atoms with van der Waals surface area (Å²) < 4.78 is 10.5. The molecule has 2 aromatic rings. The first-order chi connectivity index (χ1) is 11.0. The lowest BCUT2D eigenvalue weighted by Gasteiger charge is -2.11. The molecule has 5 heteroatoms. The van der Waals surface area contributed by atoms with Gasteiger partial charge in [0.15, 0.2) is 5.43 Å². The molecule has 0 saturated heterocycles. The highest BCUT2D eigenvalue weighted by Gasteiger charge is 2.19. The second kappa shape index (κ2) is 7.13. The fraction of sp³-hybridized carbons (Fsp3) is 0.333. The van der Waals surface area contributed by atoms with E-state index in [1.165, 1.54) is 0 Å². The Hall–Kier alpha value is -2.56. The maximum absolute atomic E-state index is 12.4. The minimum atomic E-state index is -0.689. The molecule has 0 fully saturated rings. The van der Waals surface area contributed by atoms with Gasteiger partial charge in [-0.1, -0.05) is 25.5 Å². The van der Waals surface area contributed by atoms with E-state index in [0.717, 1.165) is 12.5 Å². The lowest BCUT2D eigenvalue weighted by molar-refractivity contribution is 0.0490. The first kappa shape index (κ1) is 16.8. The highest BCUT2D eigenvalue weighted by molar-refractivity contribution is 5.91. The average molecular weight is 316 g/mol. The van der Waals surface area contributed by atoms with E-state index in [2.05, 4.69) is 0 Å². The molecule has 0 aliphatic heterocycles. The van der Waals surface area contributed by atoms with Crippen molar-refractivity contribution in [1.29, 1.82) is 0 Å². The van der Waals surface area contributed by atoms with Gasteiger partial charge in [0.05, 0.1) is 12.0 Å². The Kier molecular flexibility index (Phi) is 5.21. The molecule has 0 atom stereocenters. The second-order valence-corrected chi connectivity index (χ2v) is 5.12. The summed E-state index contributed by atoms with van der Waals surface area (Å²) in [6.07, 6.45) is 4.80. The van der Waals surface area contributed by atoms with Gasteiger partial charge in [0, 0.05) is 17.2 Å². The zero-order valence-corrected chi connectivity index (χ0v) is 13.5. The van der Waals surface area contributed by atoms with Crippen molar-refractivity contribution in [3.63, 3.8) is 0 Å². The average Bonchev–Trinajstić information content (AvgIpc) is 2.52. The third kappa shape index (κ3) is 3.28. The Morgan fingerprint density at radius 1 is 1.35 bits per heavy atom. The number of hydrogen-bond donors (Lipinski definition) is 1. The van der Waals surface area contributed by atoms with E-state index in [1.54, 1.807) is 25.1 Å². The first-order valence-corrected chi connectivity index (χ1v) is 7.65. The van der Waals surface area contributed by atoms with Gasteiger partial charge in [-0.25, -0.2) is 4.79 Å². The Labute approximate surface area is 134 Å². The standard InChI is InChI=1S/C18H20O5/c1-4-7-11-9-13-14(19)10-15(18(21)22-6-3)23-17(13)12(8-5-2)16(11)20/h4,7,9-10,20H,5-6,8H2,1-3H3/b7-4-. The topological polar surface area (TPSA) is 76.7 Å². The molecular formula is C18H20O5. The molecule has 1 heterocycles. The fourth-order valence-electron chi connectivity index (χ4n) is 2.46. The normalized spacial score (nSPS) is 11.3. The van der Waals surface area contributed by atoms with Crippen molar-refractivity contribution in [2.75, 3.05) is 6.61 Å². The number of aromatic hydroxyl groups is 1. The largest absolute Gasteiger partial charge is 0.507 e. The van der Waals surface area contributed by atoms with Crippen LogP contribution in [0.25, 0.3) is 17.0 Å². The second-order valence-electron chi connectivity index (χ2n) is 5.12. The van der Waals surface area contributed by atoms with Crippen molar-refractivity contribution in [1.82, 2.24) is 0 Å². The van der Waals surface area contributed by atoms with E-state index in [4.69, 9.17) is 9.15 Å². The van der Waals surface area contributed by atoms with Gasteiger partial charge in [0.2, 0.25) is 5.76 Å². The smallest absolute Gasteiger partial charge is 0.374 e. The maximum atomic E-state index is 12.4. The van der Waals surface area contributed by atoms with Gasteiger partial charge >= 0.3 is 5.97 Å². The van der Waals surface area contributed by atoms with Crippen molar-refractivity contribution >= 4 is 23.0 Å². The summed E-state index contributed by atoms with van der Waals surface area (Å²) >= 11 is 0. The van der Waals surface area contributed by atoms with Crippen molar-refractivity contribution in [2.45, 2.75) is 33.6 Å². The molecule has 0 bridgehead atoms. The van der Waals surface area contributed by atoms with Crippen molar-refractivity contribution in [3.05, 3.63) is 45.3 Å². The fourth-order valence-corrected chi connectivity index (χ4v) is 2.46. The first-order valence-electron chi connectivity index (χ1n) is 7.65. The number of fused-ring (bicyclic) bond motifs is 1. The highest BCUT2D eigenvalue weighted by atomic mass is 16.5. The van der Waals surface area contributed by atoms with Crippen molar-refractivity contribution in [3.8, 4) is 5.75 Å². The molecule has 0 unspecified atom stereocenters. The van der Waals surface area contributed by atoms with Gasteiger partial charge in [0.1, 0.15) is 11.3 Å². The summed E-state index contributed by atoms with van der Waals surface area (Å²) in [4.78, 5) is 24.2. The van der Waals surface area contributed by atoms with E-state index in [-0.39, 0.29) is 29.1 Å². The van der Waals surface area contributed by atoms with Crippen LogP contribution in [-0.4, -0.2) is 17.7 Å². The summed E-state index contributed by atoms with van der Waals surface area (Å²) in [5.74, 6) is -0.771. The van der Waals surface area contributed by atoms with Crippen LogP contribution in [0.1, 0.15) is 48.9 Å². The molecule has 0 aliphatic rings. The summed E-state index contributed by atoms with van der Waals surface area (Å²) in [6, 6.07) is 2.71. The predicted octanol–water partition coefficient (Wildman–Crippen LogP) is 3.66. The van der Waals surface area contributed by atoms with Gasteiger partial charge in [-0.3, -0.25) is 4.79 Å². The summed E-state index contributed by atoms with van der Waals surface area (Å²) in [5.41, 5.74) is 0.992. The Morgan fingerprint density at radius 3 is 2.70 bits per heavy atom. The van der Waals surface area contributed by atoms with Crippen LogP contribution in [0.2, 0.25) is 0 Å². The number of phenols is 1. The molecule has 2 rings (SSSR count). The van der Waals surface area contributed by atoms with Gasteiger partial charge in [-0.15, -0.1) is 0 Å². The molecule has 1 aromatic carbocycles. The van der Waals surface area contributed by atoms with Crippen molar-refractivity contribution in [2.24, 2.45) is 0 Å². The Bertz CT molecular complexity index is 814. The van der Waals surface area contributed by atoms with Crippen LogP contribution in [0, 0.1) is 0 Å². The summed E-state index contributed by atoms with van der Waals surface area (Å²) in [7, 11) is 0. The molecule has 0 aliphatic carbocycles. The van der Waals surface area contributed by atoms with Gasteiger partial charge in [-0.05, 0) is 26.3 Å². The summed E-state index contributed by atoms with van der Waals surface area (Å²) in [6.45, 7) is 5.65. The summed E-state index contributed by atoms with van der Waals surface area (Å²) in [5, 5.41) is 10.8. The number of esters is 1. The number of phenolic OH excluding ortho intramolecular Hbond substituents is 1. The van der Waals surface area contributed by atoms with Gasteiger partial charge in [-0.2, -0.15) is 0 Å². The van der Waals surface area contributed by atoms with Crippen LogP contribution < -0.4 is 5.43 Å². The molecule has 0 radical (unpaired) electrons. The van der Waals surface area contributed by atoms with Crippen molar-refractivity contribution < 1.29 is 19.1 Å². The quantitative estimate of drug-likeness (QED) is 0.852. The highest BCUT2D eigenvalue weighted by Crippen LogP contribution is 2.32. The van der Waals surface area contributed by atoms with Crippen LogP contribution >= 0.6 is 0 Å². The number of allylic oxidation sites excluding steroid dienone is 1. The number of ether oxygens (including phenoxy) is 1. The van der Waals surface area contributed by atoms with E-state index in [9.17, 15) is 14.7 Å². The lowest BCUT2D eigenvalue weighted by Crippen LogP contribution is -2.11. The molecule has 1 N–H and O–H groups in total. The number of rotatable bonds is 5. The number of benzene rings is 1. The van der Waals surface area contributed by atoms with E-state index < -0.39 is 5.97 Å². The van der Waals surface area contributed by atoms with Crippen LogP contribution in [0.5, 0.6) is 5.75 Å². The van der Waals surface area contributed by atoms with E-state index >= 15 is 0 Å². The predicted molar refractivity (Wildman–Crippen MR) is 88.8 cm³/mol. The van der Waals surface area contributed by atoms with Gasteiger partial charge < -0.3 is 14.3 Å². The lowest BCUT2D eigenvalue weighted by atomic mass is 10.00. The molecule has 0 amide bonds. The number of carbonyl (C=O) groups excluding carboxylic acids is 1. The molecular weight excluding hydrogens is 296 g/mol.